The van der Waals surface area contributed by atoms with E-state index in [2.05, 4.69) is 15.2 Å². The average molecular weight is 323 g/mol. The van der Waals surface area contributed by atoms with E-state index >= 15 is 0 Å². The normalized spacial score (nSPS) is 14.0. The Morgan fingerprint density at radius 2 is 2.17 bits per heavy atom. The number of hydrogen-bond donors (Lipinski definition) is 1. The zero-order valence-electron chi connectivity index (χ0n) is 13.5. The Bertz CT molecular complexity index is 1020. The van der Waals surface area contributed by atoms with E-state index < -0.39 is 0 Å². The van der Waals surface area contributed by atoms with Gasteiger partial charge in [0.2, 0.25) is 0 Å². The first kappa shape index (κ1) is 14.6. The van der Waals surface area contributed by atoms with Crippen LogP contribution in [0, 0.1) is 6.92 Å². The van der Waals surface area contributed by atoms with Crippen molar-refractivity contribution in [1.82, 2.24) is 24.6 Å². The van der Waals surface area contributed by atoms with Gasteiger partial charge in [0.15, 0.2) is 5.69 Å². The summed E-state index contributed by atoms with van der Waals surface area (Å²) in [5, 5.41) is 7.92. The predicted molar refractivity (Wildman–Crippen MR) is 88.8 cm³/mol. The van der Waals surface area contributed by atoms with E-state index in [-0.39, 0.29) is 11.5 Å². The number of fused-ring (bicyclic) bond motifs is 2. The molecule has 3 aromatic rings. The Morgan fingerprint density at radius 1 is 1.33 bits per heavy atom. The highest BCUT2D eigenvalue weighted by Gasteiger charge is 2.27. The number of rotatable bonds is 1. The molecular formula is C17H17N5O2. The Labute approximate surface area is 137 Å². The molecule has 0 saturated heterocycles. The van der Waals surface area contributed by atoms with Gasteiger partial charge < -0.3 is 9.47 Å². The molecule has 1 aliphatic heterocycles. The van der Waals surface area contributed by atoms with Crippen LogP contribution in [0.5, 0.6) is 0 Å². The molecule has 1 N–H and O–H groups in total. The molecule has 7 heteroatoms. The zero-order valence-corrected chi connectivity index (χ0v) is 13.5. The van der Waals surface area contributed by atoms with Crippen molar-refractivity contribution in [2.45, 2.75) is 19.9 Å². The second kappa shape index (κ2) is 5.30. The summed E-state index contributed by atoms with van der Waals surface area (Å²) in [7, 11) is 1.69. The highest BCUT2D eigenvalue weighted by molar-refractivity contribution is 6.04. The molecule has 122 valence electrons. The number of amides is 1. The fourth-order valence-electron chi connectivity index (χ4n) is 3.13. The van der Waals surface area contributed by atoms with Gasteiger partial charge in [0.25, 0.3) is 11.5 Å². The number of benzene rings is 1. The number of aryl methyl sites for hydroxylation is 2. The molecule has 4 rings (SSSR count). The number of aromatic amines is 1. The monoisotopic (exact) mass is 323 g/mol. The third-order valence-corrected chi connectivity index (χ3v) is 4.49. The molecular weight excluding hydrogens is 306 g/mol. The topological polar surface area (TPSA) is 83.9 Å². The van der Waals surface area contributed by atoms with E-state index in [1.807, 2.05) is 25.1 Å². The first-order valence-electron chi connectivity index (χ1n) is 7.82. The summed E-state index contributed by atoms with van der Waals surface area (Å²) in [6.07, 6.45) is 2.02. The van der Waals surface area contributed by atoms with E-state index in [4.69, 9.17) is 0 Å². The van der Waals surface area contributed by atoms with Gasteiger partial charge in [-0.3, -0.25) is 14.7 Å². The smallest absolute Gasteiger partial charge is 0.275 e. The van der Waals surface area contributed by atoms with Gasteiger partial charge in [-0.05, 0) is 25.5 Å². The van der Waals surface area contributed by atoms with Crippen LogP contribution in [0.25, 0.3) is 10.9 Å². The molecule has 1 amide bonds. The lowest BCUT2D eigenvalue weighted by Gasteiger charge is -2.27. The van der Waals surface area contributed by atoms with Crippen molar-refractivity contribution in [1.29, 1.82) is 0 Å². The predicted octanol–water partition coefficient (Wildman–Crippen LogP) is 1.16. The second-order valence-electron chi connectivity index (χ2n) is 6.18. The summed E-state index contributed by atoms with van der Waals surface area (Å²) in [6.45, 7) is 2.81. The van der Waals surface area contributed by atoms with Crippen LogP contribution in [0.2, 0.25) is 0 Å². The van der Waals surface area contributed by atoms with Crippen molar-refractivity contribution < 1.29 is 4.79 Å². The largest absolute Gasteiger partial charge is 0.331 e. The maximum absolute atomic E-state index is 12.9. The van der Waals surface area contributed by atoms with Crippen LogP contribution in [0.1, 0.15) is 27.3 Å². The molecule has 0 radical (unpaired) electrons. The number of carbonyl (C=O) groups is 1. The van der Waals surface area contributed by atoms with Gasteiger partial charge in [-0.1, -0.05) is 11.6 Å². The minimum atomic E-state index is -0.139. The number of H-pyrrole nitrogens is 1. The Balaban J connectivity index is 1.69. The van der Waals surface area contributed by atoms with Crippen molar-refractivity contribution in [2.75, 3.05) is 6.54 Å². The summed E-state index contributed by atoms with van der Waals surface area (Å²) in [6, 6.07) is 5.86. The van der Waals surface area contributed by atoms with Crippen LogP contribution < -0.4 is 5.56 Å². The minimum Gasteiger partial charge on any atom is -0.331 e. The number of nitrogens with one attached hydrogen (secondary N) is 1. The lowest BCUT2D eigenvalue weighted by Crippen LogP contribution is -2.40. The molecule has 0 saturated carbocycles. The van der Waals surface area contributed by atoms with Crippen LogP contribution in [0.4, 0.5) is 0 Å². The van der Waals surface area contributed by atoms with E-state index in [0.717, 1.165) is 16.5 Å². The second-order valence-corrected chi connectivity index (χ2v) is 6.18. The van der Waals surface area contributed by atoms with Crippen molar-refractivity contribution in [2.24, 2.45) is 7.05 Å². The maximum atomic E-state index is 12.9. The minimum absolute atomic E-state index is 0.0343. The Hall–Kier alpha value is -2.96. The van der Waals surface area contributed by atoms with E-state index in [0.29, 0.717) is 36.5 Å². The third kappa shape index (κ3) is 2.20. The molecule has 3 heterocycles. The van der Waals surface area contributed by atoms with Gasteiger partial charge in [0.1, 0.15) is 0 Å². The molecule has 0 aliphatic carbocycles. The maximum Gasteiger partial charge on any atom is 0.275 e. The highest BCUT2D eigenvalue weighted by atomic mass is 16.2. The SMILES string of the molecule is Cc1ccc2[nH]nc(C(=O)N3CCc4c(ncn(C)c4=O)C3)c2c1. The number of carbonyl (C=O) groups excluding carboxylic acids is 1. The molecule has 7 nitrogen and oxygen atoms in total. The van der Waals surface area contributed by atoms with Crippen LogP contribution in [0.15, 0.2) is 29.3 Å². The molecule has 0 fully saturated rings. The van der Waals surface area contributed by atoms with E-state index in [1.165, 1.54) is 10.9 Å². The molecule has 0 bridgehead atoms. The van der Waals surface area contributed by atoms with Gasteiger partial charge in [-0.2, -0.15) is 5.10 Å². The standard InChI is InChI=1S/C17H17N5O2/c1-10-3-4-13-12(7-10)15(20-19-13)17(24)22-6-5-11-14(8-22)18-9-21(2)16(11)23/h3-4,7,9H,5-6,8H2,1-2H3,(H,19,20). The Kier molecular flexibility index (Phi) is 3.23. The first-order valence-corrected chi connectivity index (χ1v) is 7.82. The highest BCUT2D eigenvalue weighted by Crippen LogP contribution is 2.21. The lowest BCUT2D eigenvalue weighted by molar-refractivity contribution is 0.0727. The Morgan fingerprint density at radius 3 is 3.00 bits per heavy atom. The van der Waals surface area contributed by atoms with Crippen molar-refractivity contribution >= 4 is 16.8 Å². The van der Waals surface area contributed by atoms with Gasteiger partial charge >= 0.3 is 0 Å². The van der Waals surface area contributed by atoms with Crippen LogP contribution in [-0.4, -0.2) is 37.1 Å². The first-order chi connectivity index (χ1) is 11.5. The fourth-order valence-corrected chi connectivity index (χ4v) is 3.13. The third-order valence-electron chi connectivity index (χ3n) is 4.49. The van der Waals surface area contributed by atoms with Gasteiger partial charge in [0.05, 0.1) is 24.1 Å². The molecule has 0 unspecified atom stereocenters. The molecule has 0 atom stereocenters. The fraction of sp³-hybridized carbons (Fsp3) is 0.294. The van der Waals surface area contributed by atoms with Crippen LogP contribution in [-0.2, 0) is 20.0 Å². The molecule has 0 spiro atoms. The van der Waals surface area contributed by atoms with E-state index in [1.54, 1.807) is 11.9 Å². The van der Waals surface area contributed by atoms with Crippen molar-refractivity contribution in [3.8, 4) is 0 Å². The molecule has 1 aliphatic rings. The number of hydrogen-bond acceptors (Lipinski definition) is 4. The number of nitrogens with zero attached hydrogens (tertiary/aromatic N) is 4. The van der Waals surface area contributed by atoms with Gasteiger partial charge in [-0.25, -0.2) is 4.98 Å². The summed E-state index contributed by atoms with van der Waals surface area (Å²) < 4.78 is 1.47. The molecule has 2 aromatic heterocycles. The van der Waals surface area contributed by atoms with Gasteiger partial charge in [0, 0.05) is 24.5 Å². The zero-order chi connectivity index (χ0) is 16.8. The van der Waals surface area contributed by atoms with Crippen LogP contribution >= 0.6 is 0 Å². The van der Waals surface area contributed by atoms with Crippen molar-refractivity contribution in [3.05, 3.63) is 57.4 Å². The quantitative estimate of drug-likeness (QED) is 0.728. The van der Waals surface area contributed by atoms with Crippen molar-refractivity contribution in [3.63, 3.8) is 0 Å². The summed E-state index contributed by atoms with van der Waals surface area (Å²) in [4.78, 5) is 31.0. The summed E-state index contributed by atoms with van der Waals surface area (Å²) >= 11 is 0. The number of aromatic nitrogens is 4. The van der Waals surface area contributed by atoms with Crippen LogP contribution in [0.3, 0.4) is 0 Å². The summed E-state index contributed by atoms with van der Waals surface area (Å²) in [5.41, 5.74) is 3.68. The lowest BCUT2D eigenvalue weighted by atomic mass is 10.1. The van der Waals surface area contributed by atoms with Gasteiger partial charge in [-0.15, -0.1) is 0 Å². The van der Waals surface area contributed by atoms with E-state index in [9.17, 15) is 9.59 Å². The molecule has 24 heavy (non-hydrogen) atoms. The average Bonchev–Trinajstić information content (AvgIpc) is 3.00. The molecule has 1 aromatic carbocycles. The summed E-state index contributed by atoms with van der Waals surface area (Å²) in [5.74, 6) is -0.139.